The van der Waals surface area contributed by atoms with E-state index >= 15 is 0 Å². The molecule has 0 saturated heterocycles. The first-order chi connectivity index (χ1) is 23.7. The third kappa shape index (κ3) is 9.80. The Labute approximate surface area is 299 Å². The van der Waals surface area contributed by atoms with Crippen molar-refractivity contribution in [1.29, 1.82) is 0 Å². The van der Waals surface area contributed by atoms with Crippen molar-refractivity contribution in [3.05, 3.63) is 131 Å². The number of nitrogens with two attached hydrogens (primary N) is 2. The number of rotatable bonds is 12. The summed E-state index contributed by atoms with van der Waals surface area (Å²) >= 11 is -2.28. The van der Waals surface area contributed by atoms with Crippen LogP contribution in [0.5, 0.6) is 0 Å². The van der Waals surface area contributed by atoms with Gasteiger partial charge in [-0.1, -0.05) is 79.9 Å². The molecule has 1 aliphatic carbocycles. The van der Waals surface area contributed by atoms with Gasteiger partial charge in [-0.25, -0.2) is 0 Å². The monoisotopic (exact) mass is 771 g/mol. The molecule has 1 unspecified atom stereocenters. The van der Waals surface area contributed by atoms with Gasteiger partial charge in [-0.2, -0.15) is 0 Å². The number of hydrogen-bond acceptors (Lipinski definition) is 4. The van der Waals surface area contributed by atoms with Gasteiger partial charge in [0.1, 0.15) is 0 Å². The minimum atomic E-state index is -2.28. The molecule has 5 rings (SSSR count). The predicted octanol–water partition coefficient (Wildman–Crippen LogP) is 10.6. The third-order valence-electron chi connectivity index (χ3n) is 9.31. The molecule has 5 N–H and O–H groups in total. The van der Waals surface area contributed by atoms with Crippen molar-refractivity contribution in [3.8, 4) is 0 Å². The summed E-state index contributed by atoms with van der Waals surface area (Å²) in [5.41, 5.74) is 6.60. The fraction of sp³-hybridized carbons (Fsp3) is 0.317. The van der Waals surface area contributed by atoms with Gasteiger partial charge >= 0.3 is 215 Å². The topological polar surface area (TPSA) is 105 Å². The van der Waals surface area contributed by atoms with E-state index in [4.69, 9.17) is 9.79 Å². The Balaban J connectivity index is 1.53. The summed E-state index contributed by atoms with van der Waals surface area (Å²) in [5, 5.41) is 4.27. The molecule has 0 heterocycles. The first-order valence-corrected chi connectivity index (χ1v) is 20.9. The number of nitrogens with one attached hydrogen (secondary N) is 1. The van der Waals surface area contributed by atoms with Crippen molar-refractivity contribution < 1.29 is 9.59 Å². The van der Waals surface area contributed by atoms with E-state index in [1.165, 1.54) is 48.2 Å². The number of amides is 3. The number of nitrogens with zero attached hydrogens (tertiary/aromatic N) is 2. The summed E-state index contributed by atoms with van der Waals surface area (Å²) in [7, 11) is 0. The minimum absolute atomic E-state index is 0.0867. The molecule has 0 bridgehead atoms. The summed E-state index contributed by atoms with van der Waals surface area (Å²) in [6.07, 6.45) is 11.2. The third-order valence-corrected chi connectivity index (χ3v) is 13.4. The molecule has 0 radical (unpaired) electrons. The number of alkyl halides is 1. The predicted molar refractivity (Wildman–Crippen MR) is 213 cm³/mol. The number of hydrazine groups is 1. The number of anilines is 3. The van der Waals surface area contributed by atoms with Gasteiger partial charge in [-0.3, -0.25) is 0 Å². The Morgan fingerprint density at radius 1 is 0.857 bits per heavy atom. The molecule has 7 nitrogen and oxygen atoms in total. The number of halogens is 1. The molecular formula is C41H50IN5O2. The van der Waals surface area contributed by atoms with Crippen LogP contribution >= 0.6 is 20.1 Å². The smallest absolute Gasteiger partial charge is 0.0533 e. The van der Waals surface area contributed by atoms with Crippen LogP contribution in [0, 0.1) is 5.92 Å². The Bertz CT molecular complexity index is 1690. The van der Waals surface area contributed by atoms with Crippen LogP contribution in [0.3, 0.4) is 0 Å². The molecule has 0 spiro atoms. The molecular weight excluding hydrogens is 721 g/mol. The van der Waals surface area contributed by atoms with Gasteiger partial charge in [0, 0.05) is 0 Å². The van der Waals surface area contributed by atoms with Crippen LogP contribution in [-0.4, -0.2) is 18.9 Å². The van der Waals surface area contributed by atoms with Crippen molar-refractivity contribution in [1.82, 2.24) is 5.01 Å². The molecule has 258 valence electrons. The Kier molecular flexibility index (Phi) is 13.0. The SMILES string of the molecule is CC(c1cc(C/C=C/c2ccccc2)ccc1N(C(=O)N(N)Cc1ccccc1)c1ccc(NC(=O)I(N)C(C)C)cc1)C1CCCCC1. The molecule has 49 heavy (non-hydrogen) atoms. The first-order valence-electron chi connectivity index (χ1n) is 17.3. The average Bonchev–Trinajstić information content (AvgIpc) is 3.13. The maximum atomic E-state index is 14.5. The zero-order chi connectivity index (χ0) is 34.8. The maximum absolute atomic E-state index is 14.5. The normalized spacial score (nSPS) is 14.4. The van der Waals surface area contributed by atoms with E-state index in [1.807, 2.05) is 86.6 Å². The van der Waals surface area contributed by atoms with E-state index in [-0.39, 0.29) is 26.3 Å². The molecule has 0 aliphatic heterocycles. The summed E-state index contributed by atoms with van der Waals surface area (Å²) in [4.78, 5) is 29.0. The summed E-state index contributed by atoms with van der Waals surface area (Å²) in [6, 6.07) is 33.7. The Morgan fingerprint density at radius 2 is 1.51 bits per heavy atom. The number of urea groups is 1. The van der Waals surface area contributed by atoms with Crippen LogP contribution in [0.2, 0.25) is 0 Å². The summed E-state index contributed by atoms with van der Waals surface area (Å²) < 4.78 is 6.32. The van der Waals surface area contributed by atoms with Crippen molar-refractivity contribution in [2.45, 2.75) is 75.7 Å². The van der Waals surface area contributed by atoms with E-state index in [9.17, 15) is 9.59 Å². The standard InChI is InChI=1S/C41H50IN5O2/c1-30(2)42(43)40(48)45-36-23-25-37(26-24-36)47(41(49)46(44)29-34-16-9-5-10-17-34)39-27-22-33(19-13-18-32-14-7-4-8-15-32)28-38(39)31(3)35-20-11-6-12-21-35/h4-5,7-10,13-18,22-28,30-31,35H,6,11-12,19-21,29,43-44H2,1-3H3,(H,45,48)/b18-13+. The molecule has 4 aromatic carbocycles. The Hall–Kier alpha value is -3.99. The van der Waals surface area contributed by atoms with E-state index in [0.717, 1.165) is 23.2 Å². The molecule has 0 aromatic heterocycles. The van der Waals surface area contributed by atoms with Gasteiger partial charge in [0.2, 0.25) is 0 Å². The molecule has 1 aliphatic rings. The second-order valence-corrected chi connectivity index (χ2v) is 18.6. The number of hydrogen-bond donors (Lipinski definition) is 3. The quantitative estimate of drug-likeness (QED) is 0.0195. The number of benzene rings is 4. The van der Waals surface area contributed by atoms with Gasteiger partial charge in [-0.15, -0.1) is 0 Å². The van der Waals surface area contributed by atoms with Gasteiger partial charge in [0.05, 0.1) is 0 Å². The van der Waals surface area contributed by atoms with E-state index in [1.54, 1.807) is 4.90 Å². The first kappa shape index (κ1) is 36.3. The molecule has 3 amide bonds. The number of allylic oxidation sites excluding steroid dienone is 1. The van der Waals surface area contributed by atoms with Crippen LogP contribution < -0.4 is 20.0 Å². The van der Waals surface area contributed by atoms with Crippen LogP contribution in [0.4, 0.5) is 26.7 Å². The molecule has 1 fully saturated rings. The molecule has 1 saturated carbocycles. The van der Waals surface area contributed by atoms with Gasteiger partial charge < -0.3 is 0 Å². The average molecular weight is 772 g/mol. The Morgan fingerprint density at radius 3 is 2.16 bits per heavy atom. The van der Waals surface area contributed by atoms with Crippen molar-refractivity contribution in [3.63, 3.8) is 0 Å². The molecule has 1 atom stereocenters. The summed E-state index contributed by atoms with van der Waals surface area (Å²) in [6.45, 7) is 6.55. The molecule has 4 aromatic rings. The zero-order valence-electron chi connectivity index (χ0n) is 28.9. The van der Waals surface area contributed by atoms with Crippen molar-refractivity contribution in [2.24, 2.45) is 15.7 Å². The van der Waals surface area contributed by atoms with Crippen LogP contribution in [-0.2, 0) is 13.0 Å². The minimum Gasteiger partial charge on any atom is -0.0533 e. The van der Waals surface area contributed by atoms with Gasteiger partial charge in [0.25, 0.3) is 0 Å². The second-order valence-electron chi connectivity index (χ2n) is 13.1. The van der Waals surface area contributed by atoms with Crippen molar-refractivity contribution >= 4 is 53.2 Å². The summed E-state index contributed by atoms with van der Waals surface area (Å²) in [5.74, 6) is 7.34. The van der Waals surface area contributed by atoms with Gasteiger partial charge in [0.15, 0.2) is 0 Å². The van der Waals surface area contributed by atoms with E-state index < -0.39 is 20.1 Å². The second kappa shape index (κ2) is 17.6. The molecule has 8 heteroatoms. The van der Waals surface area contributed by atoms with Crippen LogP contribution in [0.1, 0.15) is 81.0 Å². The fourth-order valence-corrected chi connectivity index (χ4v) is 8.23. The van der Waals surface area contributed by atoms with Gasteiger partial charge in [-0.05, 0) is 5.56 Å². The van der Waals surface area contributed by atoms with E-state index in [2.05, 4.69) is 54.7 Å². The number of carbonyl (C=O) groups excluding carboxylic acids is 2. The van der Waals surface area contributed by atoms with Crippen molar-refractivity contribution in [2.75, 3.05) is 10.2 Å². The fourth-order valence-electron chi connectivity index (χ4n) is 6.47. The van der Waals surface area contributed by atoms with Crippen LogP contribution in [0.25, 0.3) is 6.08 Å². The number of carbonyl (C=O) groups is 2. The zero-order valence-corrected chi connectivity index (χ0v) is 31.1. The van der Waals surface area contributed by atoms with E-state index in [0.29, 0.717) is 17.3 Å². The van der Waals surface area contributed by atoms with Crippen LogP contribution in [0.15, 0.2) is 109 Å².